The number of aromatic nitrogens is 3. The fourth-order valence-electron chi connectivity index (χ4n) is 2.65. The number of nitrogens with one attached hydrogen (secondary N) is 1. The second kappa shape index (κ2) is 7.17. The molecule has 2 heterocycles. The fourth-order valence-corrected chi connectivity index (χ4v) is 5.29. The number of nitrogens with zero attached hydrogens (tertiary/aromatic N) is 4. The highest BCUT2D eigenvalue weighted by atomic mass is 79.9. The van der Waals surface area contributed by atoms with Crippen molar-refractivity contribution < 1.29 is 8.42 Å². The van der Waals surface area contributed by atoms with E-state index in [2.05, 4.69) is 31.6 Å². The monoisotopic (exact) mass is 379 g/mol. The topological polar surface area (TPSA) is 80.1 Å². The minimum Gasteiger partial charge on any atom is -0.316 e. The molecule has 1 aromatic heterocycles. The van der Waals surface area contributed by atoms with Crippen LogP contribution in [0.4, 0.5) is 0 Å². The summed E-state index contributed by atoms with van der Waals surface area (Å²) in [7, 11) is -1.99. The van der Waals surface area contributed by atoms with Gasteiger partial charge in [-0.25, -0.2) is 13.1 Å². The van der Waals surface area contributed by atoms with Crippen molar-refractivity contribution >= 4 is 26.0 Å². The summed E-state index contributed by atoms with van der Waals surface area (Å²) < 4.78 is 28.9. The van der Waals surface area contributed by atoms with Gasteiger partial charge in [0.05, 0.1) is 0 Å². The third-order valence-electron chi connectivity index (χ3n) is 3.66. The first kappa shape index (κ1) is 16.9. The Hall–Kier alpha value is -0.510. The SMILES string of the molecule is CCCN(CC1CCCNC1)S(=O)(=O)c1c(Br)nnn1C. The van der Waals surface area contributed by atoms with Crippen LogP contribution in [-0.2, 0) is 17.1 Å². The van der Waals surface area contributed by atoms with Crippen LogP contribution in [-0.4, -0.2) is 53.9 Å². The van der Waals surface area contributed by atoms with Gasteiger partial charge in [0.1, 0.15) is 0 Å². The van der Waals surface area contributed by atoms with E-state index >= 15 is 0 Å². The van der Waals surface area contributed by atoms with Gasteiger partial charge in [0, 0.05) is 20.1 Å². The van der Waals surface area contributed by atoms with Crippen molar-refractivity contribution in [1.82, 2.24) is 24.6 Å². The molecule has 7 nitrogen and oxygen atoms in total. The third-order valence-corrected chi connectivity index (χ3v) is 6.41. The Bertz CT molecular complexity index is 549. The van der Waals surface area contributed by atoms with Gasteiger partial charge in [-0.15, -0.1) is 5.10 Å². The molecule has 0 radical (unpaired) electrons. The second-order valence-corrected chi connectivity index (χ2v) is 7.99. The molecule has 120 valence electrons. The molecule has 0 saturated carbocycles. The van der Waals surface area contributed by atoms with Crippen LogP contribution in [0.2, 0.25) is 0 Å². The third kappa shape index (κ3) is 3.82. The van der Waals surface area contributed by atoms with E-state index in [0.717, 1.165) is 32.4 Å². The van der Waals surface area contributed by atoms with E-state index in [1.165, 1.54) is 4.68 Å². The lowest BCUT2D eigenvalue weighted by molar-refractivity contribution is 0.290. The van der Waals surface area contributed by atoms with E-state index in [4.69, 9.17) is 0 Å². The molecule has 2 rings (SSSR count). The maximum atomic E-state index is 12.9. The Morgan fingerprint density at radius 1 is 1.52 bits per heavy atom. The zero-order valence-corrected chi connectivity index (χ0v) is 14.8. The smallest absolute Gasteiger partial charge is 0.263 e. The second-order valence-electron chi connectivity index (χ2n) is 5.38. The molecule has 0 amide bonds. The van der Waals surface area contributed by atoms with Crippen molar-refractivity contribution in [2.45, 2.75) is 31.2 Å². The average molecular weight is 380 g/mol. The van der Waals surface area contributed by atoms with Gasteiger partial charge in [0.15, 0.2) is 4.60 Å². The largest absolute Gasteiger partial charge is 0.316 e. The summed E-state index contributed by atoms with van der Waals surface area (Å²) in [6.07, 6.45) is 2.94. The Morgan fingerprint density at radius 2 is 2.29 bits per heavy atom. The highest BCUT2D eigenvalue weighted by Gasteiger charge is 2.32. The number of aryl methyl sites for hydroxylation is 1. The summed E-state index contributed by atoms with van der Waals surface area (Å²) in [5, 5.41) is 11.0. The Labute approximate surface area is 134 Å². The number of hydrogen-bond donors (Lipinski definition) is 1. The van der Waals surface area contributed by atoms with Gasteiger partial charge in [-0.05, 0) is 54.2 Å². The molecule has 1 aliphatic rings. The average Bonchev–Trinajstić information content (AvgIpc) is 2.79. The van der Waals surface area contributed by atoms with Crippen molar-refractivity contribution in [3.05, 3.63) is 4.60 Å². The van der Waals surface area contributed by atoms with Crippen LogP contribution in [0.3, 0.4) is 0 Å². The van der Waals surface area contributed by atoms with Gasteiger partial charge < -0.3 is 5.32 Å². The number of rotatable bonds is 6. The van der Waals surface area contributed by atoms with Crippen molar-refractivity contribution in [2.75, 3.05) is 26.2 Å². The molecule has 1 N–H and O–H groups in total. The van der Waals surface area contributed by atoms with Crippen LogP contribution in [0.25, 0.3) is 0 Å². The number of halogens is 1. The highest BCUT2D eigenvalue weighted by Crippen LogP contribution is 2.24. The van der Waals surface area contributed by atoms with Crippen molar-refractivity contribution in [3.8, 4) is 0 Å². The first-order chi connectivity index (χ1) is 9.96. The first-order valence-corrected chi connectivity index (χ1v) is 9.46. The van der Waals surface area contributed by atoms with Gasteiger partial charge in [0.25, 0.3) is 10.0 Å². The Balaban J connectivity index is 2.23. The van der Waals surface area contributed by atoms with Gasteiger partial charge in [-0.2, -0.15) is 4.31 Å². The molecule has 21 heavy (non-hydrogen) atoms. The summed E-state index contributed by atoms with van der Waals surface area (Å²) in [5.74, 6) is 0.361. The number of hydrogen-bond acceptors (Lipinski definition) is 5. The summed E-state index contributed by atoms with van der Waals surface area (Å²) in [6.45, 7) is 4.93. The maximum absolute atomic E-state index is 12.9. The summed E-state index contributed by atoms with van der Waals surface area (Å²) >= 11 is 3.18. The predicted molar refractivity (Wildman–Crippen MR) is 83.3 cm³/mol. The lowest BCUT2D eigenvalue weighted by Crippen LogP contribution is -2.41. The quantitative estimate of drug-likeness (QED) is 0.796. The molecule has 0 bridgehead atoms. The predicted octanol–water partition coefficient (Wildman–Crippen LogP) is 0.978. The van der Waals surface area contributed by atoms with Crippen LogP contribution in [0.5, 0.6) is 0 Å². The van der Waals surface area contributed by atoms with Crippen LogP contribution in [0.15, 0.2) is 9.63 Å². The van der Waals surface area contributed by atoms with Crippen molar-refractivity contribution in [2.24, 2.45) is 13.0 Å². The van der Waals surface area contributed by atoms with Crippen molar-refractivity contribution in [1.29, 1.82) is 0 Å². The van der Waals surface area contributed by atoms with E-state index in [0.29, 0.717) is 19.0 Å². The molecule has 1 fully saturated rings. The van der Waals surface area contributed by atoms with Crippen molar-refractivity contribution in [3.63, 3.8) is 0 Å². The lowest BCUT2D eigenvalue weighted by atomic mass is 10.00. The minimum atomic E-state index is -3.58. The van der Waals surface area contributed by atoms with E-state index in [1.54, 1.807) is 11.4 Å². The molecule has 0 aliphatic carbocycles. The van der Waals surface area contributed by atoms with Gasteiger partial charge in [-0.3, -0.25) is 0 Å². The van der Waals surface area contributed by atoms with E-state index in [1.807, 2.05) is 6.92 Å². The molecule has 0 spiro atoms. The van der Waals surface area contributed by atoms with Gasteiger partial charge in [-0.1, -0.05) is 12.1 Å². The molecule has 1 unspecified atom stereocenters. The van der Waals surface area contributed by atoms with Gasteiger partial charge >= 0.3 is 0 Å². The van der Waals surface area contributed by atoms with E-state index < -0.39 is 10.0 Å². The molecule has 0 aromatic carbocycles. The molecule has 1 saturated heterocycles. The molecule has 1 atom stereocenters. The standard InChI is InChI=1S/C12H22BrN5O2S/c1-3-7-18(9-10-5-4-6-14-8-10)21(19,20)12-11(13)15-16-17(12)2/h10,14H,3-9H2,1-2H3. The zero-order chi connectivity index (χ0) is 15.5. The summed E-state index contributed by atoms with van der Waals surface area (Å²) in [6, 6.07) is 0. The highest BCUT2D eigenvalue weighted by molar-refractivity contribution is 9.10. The van der Waals surface area contributed by atoms with Crippen LogP contribution in [0, 0.1) is 5.92 Å². The minimum absolute atomic E-state index is 0.125. The lowest BCUT2D eigenvalue weighted by Gasteiger charge is -2.29. The Kier molecular flexibility index (Phi) is 5.75. The molecular formula is C12H22BrN5O2S. The van der Waals surface area contributed by atoms with E-state index in [9.17, 15) is 8.42 Å². The van der Waals surface area contributed by atoms with Crippen LogP contribution in [0.1, 0.15) is 26.2 Å². The van der Waals surface area contributed by atoms with Gasteiger partial charge in [0.2, 0.25) is 5.03 Å². The summed E-state index contributed by atoms with van der Waals surface area (Å²) in [5.41, 5.74) is 0. The fraction of sp³-hybridized carbons (Fsp3) is 0.833. The first-order valence-electron chi connectivity index (χ1n) is 7.22. The normalized spacial score (nSPS) is 20.1. The summed E-state index contributed by atoms with van der Waals surface area (Å²) in [4.78, 5) is 0. The number of sulfonamides is 1. The molecular weight excluding hydrogens is 358 g/mol. The Morgan fingerprint density at radius 3 is 2.81 bits per heavy atom. The molecule has 1 aromatic rings. The number of piperidine rings is 1. The van der Waals surface area contributed by atoms with Crippen LogP contribution < -0.4 is 5.32 Å². The zero-order valence-electron chi connectivity index (χ0n) is 12.4. The van der Waals surface area contributed by atoms with E-state index in [-0.39, 0.29) is 9.63 Å². The molecule has 1 aliphatic heterocycles. The van der Waals surface area contributed by atoms with Crippen LogP contribution >= 0.6 is 15.9 Å². The maximum Gasteiger partial charge on any atom is 0.263 e. The molecule has 9 heteroatoms.